The second-order valence-electron chi connectivity index (χ2n) is 6.97. The number of carbonyl (C=O) groups is 1. The van der Waals surface area contributed by atoms with Gasteiger partial charge < -0.3 is 15.5 Å². The first-order valence-electron chi connectivity index (χ1n) is 9.56. The van der Waals surface area contributed by atoms with Crippen LogP contribution in [0.3, 0.4) is 0 Å². The largest absolute Gasteiger partial charge is 0.356 e. The van der Waals surface area contributed by atoms with Crippen molar-refractivity contribution in [3.8, 4) is 0 Å². The maximum absolute atomic E-state index is 12.5. The fourth-order valence-electron chi connectivity index (χ4n) is 3.79. The lowest BCUT2D eigenvalue weighted by atomic mass is 10.1. The van der Waals surface area contributed by atoms with E-state index in [-0.39, 0.29) is 30.7 Å². The van der Waals surface area contributed by atoms with Crippen LogP contribution in [0, 0.1) is 0 Å². The predicted octanol–water partition coefficient (Wildman–Crippen LogP) is 3.57. The number of amides is 1. The van der Waals surface area contributed by atoms with Gasteiger partial charge in [-0.3, -0.25) is 4.79 Å². The maximum Gasteiger partial charge on any atom is 0.255 e. The van der Waals surface area contributed by atoms with Gasteiger partial charge in [-0.05, 0) is 37.8 Å². The fourth-order valence-corrected chi connectivity index (χ4v) is 3.79. The maximum atomic E-state index is 12.5. The summed E-state index contributed by atoms with van der Waals surface area (Å²) in [7, 11) is 0. The highest BCUT2D eigenvalue weighted by Gasteiger charge is 2.20. The summed E-state index contributed by atoms with van der Waals surface area (Å²) in [5.41, 5.74) is 0.703. The van der Waals surface area contributed by atoms with E-state index in [1.807, 2.05) is 12.1 Å². The molecule has 3 rings (SSSR count). The molecule has 0 radical (unpaired) electrons. The Morgan fingerprint density at radius 1 is 1.04 bits per heavy atom. The van der Waals surface area contributed by atoms with E-state index in [2.05, 4.69) is 20.5 Å². The molecule has 0 bridgehead atoms. The van der Waals surface area contributed by atoms with E-state index in [9.17, 15) is 4.79 Å². The minimum atomic E-state index is -0.00679. The summed E-state index contributed by atoms with van der Waals surface area (Å²) in [6.45, 7) is 3.51. The topological polar surface area (TPSA) is 57.3 Å². The van der Waals surface area contributed by atoms with Crippen LogP contribution in [0.4, 0.5) is 5.82 Å². The lowest BCUT2D eigenvalue weighted by Crippen LogP contribution is -2.37. The highest BCUT2D eigenvalue weighted by atomic mass is 35.5. The Morgan fingerprint density at radius 3 is 2.42 bits per heavy atom. The van der Waals surface area contributed by atoms with Gasteiger partial charge >= 0.3 is 0 Å². The van der Waals surface area contributed by atoms with Gasteiger partial charge in [0, 0.05) is 38.4 Å². The van der Waals surface area contributed by atoms with Crippen LogP contribution in [0.2, 0.25) is 0 Å². The molecule has 2 aliphatic rings. The molecule has 1 saturated carbocycles. The van der Waals surface area contributed by atoms with Crippen molar-refractivity contribution in [1.82, 2.24) is 15.6 Å². The molecule has 0 atom stereocenters. The highest BCUT2D eigenvalue weighted by molar-refractivity contribution is 5.98. The molecule has 5 nitrogen and oxygen atoms in total. The number of nitrogens with one attached hydrogen (secondary N) is 2. The van der Waals surface area contributed by atoms with Gasteiger partial charge in [0.15, 0.2) is 0 Å². The molecule has 0 aromatic carbocycles. The van der Waals surface area contributed by atoms with Crippen LogP contribution >= 0.6 is 24.8 Å². The SMILES string of the molecule is Cl.Cl.O=C(NCCNC1CCCCCC1)c1cccnc1N1CCCC1. The molecule has 1 saturated heterocycles. The molecular weight excluding hydrogens is 371 g/mol. The third-order valence-electron chi connectivity index (χ3n) is 5.14. The Bertz CT molecular complexity index is 530. The number of rotatable bonds is 6. The standard InChI is InChI=1S/C19H30N4O.2ClH/c24-19(22-13-12-20-16-8-3-1-2-4-9-16)17-10-7-11-21-18(17)23-14-5-6-15-23;;/h7,10-11,16,20H,1-6,8-9,12-15H2,(H,22,24);2*1H. The lowest BCUT2D eigenvalue weighted by Gasteiger charge is -2.20. The van der Waals surface area contributed by atoms with Crippen molar-refractivity contribution >= 4 is 36.5 Å². The van der Waals surface area contributed by atoms with Gasteiger partial charge in [-0.15, -0.1) is 24.8 Å². The summed E-state index contributed by atoms with van der Waals surface area (Å²) in [6, 6.07) is 4.36. The molecule has 0 unspecified atom stereocenters. The zero-order chi connectivity index (χ0) is 16.6. The number of halogens is 2. The summed E-state index contributed by atoms with van der Waals surface area (Å²) < 4.78 is 0. The van der Waals surface area contributed by atoms with Crippen molar-refractivity contribution in [2.75, 3.05) is 31.1 Å². The molecular formula is C19H32Cl2N4O. The summed E-state index contributed by atoms with van der Waals surface area (Å²) in [4.78, 5) is 19.2. The molecule has 0 spiro atoms. The molecule has 1 aromatic heterocycles. The van der Waals surface area contributed by atoms with Gasteiger partial charge in [0.2, 0.25) is 0 Å². The summed E-state index contributed by atoms with van der Waals surface area (Å²) in [6.07, 6.45) is 12.1. The molecule has 26 heavy (non-hydrogen) atoms. The Morgan fingerprint density at radius 2 is 1.73 bits per heavy atom. The average molecular weight is 403 g/mol. The second-order valence-corrected chi connectivity index (χ2v) is 6.97. The molecule has 1 aliphatic heterocycles. The average Bonchev–Trinajstić information content (AvgIpc) is 3.03. The van der Waals surface area contributed by atoms with E-state index in [1.54, 1.807) is 6.20 Å². The summed E-state index contributed by atoms with van der Waals surface area (Å²) in [5, 5.41) is 6.65. The predicted molar refractivity (Wildman–Crippen MR) is 112 cm³/mol. The number of hydrogen-bond donors (Lipinski definition) is 2. The summed E-state index contributed by atoms with van der Waals surface area (Å²) >= 11 is 0. The number of aromatic nitrogens is 1. The normalized spacial score (nSPS) is 17.8. The van der Waals surface area contributed by atoms with E-state index >= 15 is 0 Å². The van der Waals surface area contributed by atoms with Crippen molar-refractivity contribution in [3.63, 3.8) is 0 Å². The van der Waals surface area contributed by atoms with Gasteiger partial charge in [-0.1, -0.05) is 25.7 Å². The minimum Gasteiger partial charge on any atom is -0.356 e. The Balaban J connectivity index is 0.00000169. The van der Waals surface area contributed by atoms with Crippen LogP contribution < -0.4 is 15.5 Å². The van der Waals surface area contributed by atoms with Crippen LogP contribution in [0.15, 0.2) is 18.3 Å². The van der Waals surface area contributed by atoms with Gasteiger partial charge in [0.1, 0.15) is 5.82 Å². The first-order valence-corrected chi connectivity index (χ1v) is 9.56. The van der Waals surface area contributed by atoms with Gasteiger partial charge in [0.05, 0.1) is 5.56 Å². The Kier molecular flexibility index (Phi) is 10.9. The quantitative estimate of drug-likeness (QED) is 0.563. The molecule has 1 amide bonds. The van der Waals surface area contributed by atoms with E-state index in [0.29, 0.717) is 18.2 Å². The van der Waals surface area contributed by atoms with Crippen LogP contribution in [-0.2, 0) is 0 Å². The number of pyridine rings is 1. The number of nitrogens with zero attached hydrogens (tertiary/aromatic N) is 2. The van der Waals surface area contributed by atoms with Crippen molar-refractivity contribution in [2.45, 2.75) is 57.4 Å². The third kappa shape index (κ3) is 6.60. The van der Waals surface area contributed by atoms with E-state index in [1.165, 1.54) is 51.4 Å². The minimum absolute atomic E-state index is 0. The monoisotopic (exact) mass is 402 g/mol. The molecule has 2 fully saturated rings. The molecule has 2 heterocycles. The smallest absolute Gasteiger partial charge is 0.255 e. The Labute approximate surface area is 169 Å². The Hall–Kier alpha value is -1.04. The van der Waals surface area contributed by atoms with Crippen LogP contribution in [0.25, 0.3) is 0 Å². The third-order valence-corrected chi connectivity index (χ3v) is 5.14. The molecule has 1 aromatic rings. The van der Waals surface area contributed by atoms with Gasteiger partial charge in [-0.2, -0.15) is 0 Å². The van der Waals surface area contributed by atoms with Crippen LogP contribution in [0.1, 0.15) is 61.7 Å². The zero-order valence-corrected chi connectivity index (χ0v) is 17.0. The summed E-state index contributed by atoms with van der Waals surface area (Å²) in [5.74, 6) is 0.830. The lowest BCUT2D eigenvalue weighted by molar-refractivity contribution is 0.0953. The highest BCUT2D eigenvalue weighted by Crippen LogP contribution is 2.21. The number of carbonyl (C=O) groups excluding carboxylic acids is 1. The van der Waals surface area contributed by atoms with Crippen molar-refractivity contribution < 1.29 is 4.79 Å². The molecule has 148 valence electrons. The van der Waals surface area contributed by atoms with E-state index in [4.69, 9.17) is 0 Å². The van der Waals surface area contributed by atoms with Crippen molar-refractivity contribution in [2.24, 2.45) is 0 Å². The molecule has 2 N–H and O–H groups in total. The van der Waals surface area contributed by atoms with E-state index < -0.39 is 0 Å². The first-order chi connectivity index (χ1) is 11.8. The fraction of sp³-hybridized carbons (Fsp3) is 0.684. The second kappa shape index (κ2) is 12.4. The van der Waals surface area contributed by atoms with Gasteiger partial charge in [0.25, 0.3) is 5.91 Å². The zero-order valence-electron chi connectivity index (χ0n) is 15.4. The van der Waals surface area contributed by atoms with Crippen molar-refractivity contribution in [3.05, 3.63) is 23.9 Å². The molecule has 7 heteroatoms. The first kappa shape index (κ1) is 23.0. The van der Waals surface area contributed by atoms with Crippen LogP contribution in [0.5, 0.6) is 0 Å². The number of hydrogen-bond acceptors (Lipinski definition) is 4. The molecule has 1 aliphatic carbocycles. The number of anilines is 1. The van der Waals surface area contributed by atoms with Crippen molar-refractivity contribution in [1.29, 1.82) is 0 Å². The van der Waals surface area contributed by atoms with Gasteiger partial charge in [-0.25, -0.2) is 4.98 Å². The van der Waals surface area contributed by atoms with Crippen LogP contribution in [-0.4, -0.2) is 43.1 Å². The van der Waals surface area contributed by atoms with E-state index in [0.717, 1.165) is 25.5 Å².